The summed E-state index contributed by atoms with van der Waals surface area (Å²) in [4.78, 5) is 0. The van der Waals surface area contributed by atoms with E-state index in [2.05, 4.69) is 10.4 Å². The van der Waals surface area contributed by atoms with E-state index in [1.807, 2.05) is 25.1 Å². The standard InChI is InChI=1S/C8H7BN2O/c1-5-3-2-4-6-7(5)8(10-9)11-12-6/h2-4H,1H3,(H,10,11). The van der Waals surface area contributed by atoms with Gasteiger partial charge in [-0.3, -0.25) is 0 Å². The molecule has 0 aliphatic rings. The van der Waals surface area contributed by atoms with Gasteiger partial charge in [-0.25, -0.2) is 0 Å². The third-order valence-electron chi connectivity index (χ3n) is 1.84. The summed E-state index contributed by atoms with van der Waals surface area (Å²) in [6, 6.07) is 5.76. The van der Waals surface area contributed by atoms with Gasteiger partial charge in [0.15, 0.2) is 11.4 Å². The molecule has 0 aliphatic heterocycles. The number of nitrogens with zero attached hydrogens (tertiary/aromatic N) is 1. The van der Waals surface area contributed by atoms with Crippen molar-refractivity contribution in [1.82, 2.24) is 5.16 Å². The highest BCUT2D eigenvalue weighted by Crippen LogP contribution is 2.24. The van der Waals surface area contributed by atoms with E-state index in [1.54, 1.807) is 0 Å². The van der Waals surface area contributed by atoms with Crippen molar-refractivity contribution < 1.29 is 4.52 Å². The van der Waals surface area contributed by atoms with Gasteiger partial charge in [0.1, 0.15) is 0 Å². The fourth-order valence-electron chi connectivity index (χ4n) is 1.26. The number of aromatic nitrogens is 1. The monoisotopic (exact) mass is 158 g/mol. The first-order valence-corrected chi connectivity index (χ1v) is 3.64. The maximum absolute atomic E-state index is 5.26. The van der Waals surface area contributed by atoms with Gasteiger partial charge in [-0.2, -0.15) is 0 Å². The summed E-state index contributed by atoms with van der Waals surface area (Å²) in [6.45, 7) is 1.99. The average Bonchev–Trinajstić information content (AvgIpc) is 2.49. The van der Waals surface area contributed by atoms with Gasteiger partial charge in [0.05, 0.1) is 5.39 Å². The van der Waals surface area contributed by atoms with Crippen LogP contribution in [0.4, 0.5) is 5.82 Å². The molecule has 3 nitrogen and oxygen atoms in total. The predicted molar refractivity (Wildman–Crippen MR) is 48.1 cm³/mol. The number of benzene rings is 1. The Morgan fingerprint density at radius 1 is 1.50 bits per heavy atom. The molecule has 0 aliphatic carbocycles. The second-order valence-corrected chi connectivity index (χ2v) is 2.62. The summed E-state index contributed by atoms with van der Waals surface area (Å²) in [5, 5.41) is 7.19. The molecule has 2 radical (unpaired) electrons. The van der Waals surface area contributed by atoms with Gasteiger partial charge in [0.25, 0.3) is 0 Å². The molecule has 1 aromatic carbocycles. The molecular weight excluding hydrogens is 151 g/mol. The first-order chi connectivity index (χ1) is 5.83. The van der Waals surface area contributed by atoms with Gasteiger partial charge in [-0.1, -0.05) is 17.3 Å². The Balaban J connectivity index is 2.83. The summed E-state index contributed by atoms with van der Waals surface area (Å²) in [5.41, 5.74) is 1.85. The third kappa shape index (κ3) is 0.880. The molecule has 4 heteroatoms. The highest BCUT2D eigenvalue weighted by atomic mass is 16.5. The third-order valence-corrected chi connectivity index (χ3v) is 1.84. The Labute approximate surface area is 71.2 Å². The normalized spacial score (nSPS) is 10.4. The zero-order valence-electron chi connectivity index (χ0n) is 6.66. The van der Waals surface area contributed by atoms with Crippen molar-refractivity contribution in [2.24, 2.45) is 0 Å². The Morgan fingerprint density at radius 3 is 3.08 bits per heavy atom. The van der Waals surface area contributed by atoms with E-state index in [-0.39, 0.29) is 0 Å². The molecule has 0 spiro atoms. The lowest BCUT2D eigenvalue weighted by molar-refractivity contribution is 0.460. The van der Waals surface area contributed by atoms with Gasteiger partial charge in [-0.05, 0) is 18.6 Å². The van der Waals surface area contributed by atoms with Gasteiger partial charge < -0.3 is 9.75 Å². The van der Waals surface area contributed by atoms with E-state index in [0.717, 1.165) is 16.5 Å². The highest BCUT2D eigenvalue weighted by molar-refractivity contribution is 6.18. The number of anilines is 1. The van der Waals surface area contributed by atoms with Crippen LogP contribution in [0.15, 0.2) is 22.7 Å². The van der Waals surface area contributed by atoms with Crippen molar-refractivity contribution in [2.45, 2.75) is 6.92 Å². The fraction of sp³-hybridized carbons (Fsp3) is 0.125. The van der Waals surface area contributed by atoms with Gasteiger partial charge in [0.2, 0.25) is 7.98 Å². The van der Waals surface area contributed by atoms with Crippen LogP contribution < -0.4 is 5.23 Å². The second-order valence-electron chi connectivity index (χ2n) is 2.62. The molecule has 0 amide bonds. The average molecular weight is 158 g/mol. The SMILES string of the molecule is [B]Nc1noc2cccc(C)c12. The largest absolute Gasteiger partial charge is 0.419 e. The van der Waals surface area contributed by atoms with Crippen molar-refractivity contribution in [1.29, 1.82) is 0 Å². The van der Waals surface area contributed by atoms with Crippen molar-refractivity contribution in [2.75, 3.05) is 5.23 Å². The van der Waals surface area contributed by atoms with Crippen LogP contribution in [0, 0.1) is 6.92 Å². The minimum atomic E-state index is 0.586. The number of rotatable bonds is 1. The van der Waals surface area contributed by atoms with Crippen molar-refractivity contribution in [3.05, 3.63) is 23.8 Å². The molecule has 0 unspecified atom stereocenters. The minimum Gasteiger partial charge on any atom is -0.419 e. The lowest BCUT2D eigenvalue weighted by Crippen LogP contribution is -1.90. The molecule has 1 N–H and O–H groups in total. The molecule has 0 saturated carbocycles. The summed E-state index contributed by atoms with van der Waals surface area (Å²) < 4.78 is 5.03. The Hall–Kier alpha value is -1.45. The first-order valence-electron chi connectivity index (χ1n) is 3.64. The Bertz CT molecular complexity index is 410. The van der Waals surface area contributed by atoms with Crippen LogP contribution in [0.1, 0.15) is 5.56 Å². The number of hydrogen-bond donors (Lipinski definition) is 1. The van der Waals surface area contributed by atoms with E-state index in [4.69, 9.17) is 12.5 Å². The van der Waals surface area contributed by atoms with Gasteiger partial charge in [0, 0.05) is 0 Å². The zero-order valence-corrected chi connectivity index (χ0v) is 6.66. The van der Waals surface area contributed by atoms with Crippen LogP contribution in [0.25, 0.3) is 11.0 Å². The van der Waals surface area contributed by atoms with Crippen LogP contribution in [-0.2, 0) is 0 Å². The molecule has 0 bridgehead atoms. The fourth-order valence-corrected chi connectivity index (χ4v) is 1.26. The number of aryl methyl sites for hydroxylation is 1. The van der Waals surface area contributed by atoms with E-state index in [0.29, 0.717) is 5.82 Å². The van der Waals surface area contributed by atoms with Crippen LogP contribution >= 0.6 is 0 Å². The molecule has 1 aromatic heterocycles. The number of fused-ring (bicyclic) bond motifs is 1. The topological polar surface area (TPSA) is 38.1 Å². The highest BCUT2D eigenvalue weighted by Gasteiger charge is 2.06. The summed E-state index contributed by atoms with van der Waals surface area (Å²) >= 11 is 0. The second kappa shape index (κ2) is 2.55. The molecular formula is C8H7BN2O. The van der Waals surface area contributed by atoms with Crippen LogP contribution in [0.2, 0.25) is 0 Å². The summed E-state index contributed by atoms with van der Waals surface area (Å²) in [6.07, 6.45) is 0. The van der Waals surface area contributed by atoms with E-state index >= 15 is 0 Å². The molecule has 0 fully saturated rings. The molecule has 2 aromatic rings. The van der Waals surface area contributed by atoms with Crippen molar-refractivity contribution >= 4 is 24.8 Å². The van der Waals surface area contributed by atoms with Gasteiger partial charge in [-0.15, -0.1) is 0 Å². The van der Waals surface area contributed by atoms with E-state index in [1.165, 1.54) is 0 Å². The molecule has 0 atom stereocenters. The lowest BCUT2D eigenvalue weighted by Gasteiger charge is -1.95. The minimum absolute atomic E-state index is 0.586. The smallest absolute Gasteiger partial charge is 0.224 e. The van der Waals surface area contributed by atoms with Crippen LogP contribution in [0.5, 0.6) is 0 Å². The molecule has 2 rings (SSSR count). The molecule has 58 valence electrons. The molecule has 1 heterocycles. The van der Waals surface area contributed by atoms with Gasteiger partial charge >= 0.3 is 0 Å². The number of hydrogen-bond acceptors (Lipinski definition) is 3. The quantitative estimate of drug-likeness (QED) is 0.640. The zero-order chi connectivity index (χ0) is 8.55. The maximum atomic E-state index is 5.26. The Morgan fingerprint density at radius 2 is 2.33 bits per heavy atom. The summed E-state index contributed by atoms with van der Waals surface area (Å²) in [7, 11) is 5.26. The summed E-state index contributed by atoms with van der Waals surface area (Å²) in [5.74, 6) is 0.586. The van der Waals surface area contributed by atoms with Crippen molar-refractivity contribution in [3.63, 3.8) is 0 Å². The lowest BCUT2D eigenvalue weighted by atomic mass is 10.1. The van der Waals surface area contributed by atoms with Crippen molar-refractivity contribution in [3.8, 4) is 0 Å². The molecule has 0 saturated heterocycles. The van der Waals surface area contributed by atoms with E-state index in [9.17, 15) is 0 Å². The maximum Gasteiger partial charge on any atom is 0.224 e. The van der Waals surface area contributed by atoms with E-state index < -0.39 is 0 Å². The van der Waals surface area contributed by atoms with Crippen LogP contribution in [-0.4, -0.2) is 13.1 Å². The van der Waals surface area contributed by atoms with Crippen LogP contribution in [0.3, 0.4) is 0 Å². The predicted octanol–water partition coefficient (Wildman–Crippen LogP) is 1.63. The molecule has 12 heavy (non-hydrogen) atoms. The Kier molecular flexibility index (Phi) is 1.53. The number of nitrogens with one attached hydrogen (secondary N) is 1. The first kappa shape index (κ1) is 7.22.